The van der Waals surface area contributed by atoms with Crippen molar-refractivity contribution in [3.05, 3.63) is 64.3 Å². The summed E-state index contributed by atoms with van der Waals surface area (Å²) in [6.07, 6.45) is 0.769. The summed E-state index contributed by atoms with van der Waals surface area (Å²) in [4.78, 5) is 14.8. The number of hydrogen-bond donors (Lipinski definition) is 1. The van der Waals surface area contributed by atoms with Crippen molar-refractivity contribution < 1.29 is 14.3 Å². The standard InChI is InChI=1S/C19H18ClNO3/c1-12-16(17-11-14(20)5-8-18(17)21-12)9-10-24-15-6-3-13(4-7-15)19(22)23-2/h3-8,11,21H,9-10H2,1-2H3. The molecule has 2 aromatic carbocycles. The number of nitrogens with one attached hydrogen (secondary N) is 1. The maximum absolute atomic E-state index is 11.4. The Morgan fingerprint density at radius 3 is 2.62 bits per heavy atom. The van der Waals surface area contributed by atoms with Gasteiger partial charge in [-0.3, -0.25) is 0 Å². The van der Waals surface area contributed by atoms with Crippen LogP contribution < -0.4 is 4.74 Å². The van der Waals surface area contributed by atoms with Gasteiger partial charge >= 0.3 is 5.97 Å². The molecule has 0 atom stereocenters. The van der Waals surface area contributed by atoms with Crippen LogP contribution in [0.5, 0.6) is 5.75 Å². The van der Waals surface area contributed by atoms with Crippen LogP contribution in [0, 0.1) is 6.92 Å². The lowest BCUT2D eigenvalue weighted by Gasteiger charge is -2.07. The summed E-state index contributed by atoms with van der Waals surface area (Å²) < 4.78 is 10.5. The van der Waals surface area contributed by atoms with Crippen LogP contribution in [0.3, 0.4) is 0 Å². The molecule has 1 aromatic heterocycles. The first kappa shape index (κ1) is 16.4. The molecular formula is C19H18ClNO3. The number of aromatic amines is 1. The van der Waals surface area contributed by atoms with Crippen LogP contribution in [0.2, 0.25) is 5.02 Å². The zero-order chi connectivity index (χ0) is 17.1. The maximum atomic E-state index is 11.4. The Balaban J connectivity index is 1.67. The van der Waals surface area contributed by atoms with Gasteiger partial charge in [0.2, 0.25) is 0 Å². The van der Waals surface area contributed by atoms with Crippen molar-refractivity contribution in [2.75, 3.05) is 13.7 Å². The number of carbonyl (C=O) groups is 1. The normalized spacial score (nSPS) is 10.8. The van der Waals surface area contributed by atoms with E-state index < -0.39 is 0 Å². The number of halogens is 1. The zero-order valence-corrected chi connectivity index (χ0v) is 14.3. The molecule has 1 heterocycles. The molecule has 124 valence electrons. The molecule has 5 heteroatoms. The van der Waals surface area contributed by atoms with E-state index in [1.807, 2.05) is 25.1 Å². The summed E-state index contributed by atoms with van der Waals surface area (Å²) in [7, 11) is 1.36. The van der Waals surface area contributed by atoms with E-state index in [0.717, 1.165) is 33.8 Å². The van der Waals surface area contributed by atoms with Gasteiger partial charge in [0.25, 0.3) is 0 Å². The average molecular weight is 344 g/mol. The van der Waals surface area contributed by atoms with Gasteiger partial charge in [-0.2, -0.15) is 0 Å². The monoisotopic (exact) mass is 343 g/mol. The molecule has 24 heavy (non-hydrogen) atoms. The molecule has 0 unspecified atom stereocenters. The number of aryl methyl sites for hydroxylation is 1. The van der Waals surface area contributed by atoms with Crippen molar-refractivity contribution in [2.45, 2.75) is 13.3 Å². The van der Waals surface area contributed by atoms with E-state index in [2.05, 4.69) is 9.72 Å². The van der Waals surface area contributed by atoms with Gasteiger partial charge in [-0.25, -0.2) is 4.79 Å². The Morgan fingerprint density at radius 2 is 1.92 bits per heavy atom. The Labute approximate surface area is 145 Å². The Bertz CT molecular complexity index is 868. The van der Waals surface area contributed by atoms with E-state index in [0.29, 0.717) is 12.2 Å². The second-order valence-corrected chi connectivity index (χ2v) is 5.97. The number of methoxy groups -OCH3 is 1. The molecule has 0 aliphatic heterocycles. The van der Waals surface area contributed by atoms with Crippen molar-refractivity contribution in [3.63, 3.8) is 0 Å². The highest BCUT2D eigenvalue weighted by Gasteiger charge is 2.09. The van der Waals surface area contributed by atoms with Gasteiger partial charge < -0.3 is 14.5 Å². The summed E-state index contributed by atoms with van der Waals surface area (Å²) in [6, 6.07) is 12.8. The van der Waals surface area contributed by atoms with Crippen molar-refractivity contribution in [1.82, 2.24) is 4.98 Å². The van der Waals surface area contributed by atoms with E-state index in [9.17, 15) is 4.79 Å². The first-order valence-corrected chi connectivity index (χ1v) is 8.04. The molecule has 4 nitrogen and oxygen atoms in total. The molecule has 0 bridgehead atoms. The average Bonchev–Trinajstić information content (AvgIpc) is 2.90. The van der Waals surface area contributed by atoms with E-state index in [4.69, 9.17) is 16.3 Å². The molecular weight excluding hydrogens is 326 g/mol. The molecule has 0 saturated carbocycles. The van der Waals surface area contributed by atoms with Gasteiger partial charge in [-0.15, -0.1) is 0 Å². The molecule has 0 amide bonds. The van der Waals surface area contributed by atoms with Crippen molar-refractivity contribution >= 4 is 28.5 Å². The molecule has 0 aliphatic carbocycles. The Morgan fingerprint density at radius 1 is 1.17 bits per heavy atom. The van der Waals surface area contributed by atoms with E-state index in [1.54, 1.807) is 24.3 Å². The quantitative estimate of drug-likeness (QED) is 0.692. The number of esters is 1. The van der Waals surface area contributed by atoms with Crippen LogP contribution in [0.25, 0.3) is 10.9 Å². The fraction of sp³-hybridized carbons (Fsp3) is 0.211. The van der Waals surface area contributed by atoms with Gasteiger partial charge in [0, 0.05) is 28.0 Å². The van der Waals surface area contributed by atoms with Gasteiger partial charge in [0.1, 0.15) is 5.75 Å². The van der Waals surface area contributed by atoms with Crippen LogP contribution >= 0.6 is 11.6 Å². The molecule has 0 fully saturated rings. The number of aromatic nitrogens is 1. The van der Waals surface area contributed by atoms with Crippen LogP contribution in [-0.4, -0.2) is 24.7 Å². The van der Waals surface area contributed by atoms with Crippen molar-refractivity contribution in [2.24, 2.45) is 0 Å². The summed E-state index contributed by atoms with van der Waals surface area (Å²) in [6.45, 7) is 2.59. The highest BCUT2D eigenvalue weighted by Crippen LogP contribution is 2.26. The topological polar surface area (TPSA) is 51.3 Å². The first-order valence-electron chi connectivity index (χ1n) is 7.66. The molecule has 0 aliphatic rings. The predicted molar refractivity (Wildman–Crippen MR) is 95.0 cm³/mol. The van der Waals surface area contributed by atoms with Crippen LogP contribution in [0.15, 0.2) is 42.5 Å². The molecule has 3 rings (SSSR count). The minimum absolute atomic E-state index is 0.354. The third-order valence-corrected chi connectivity index (χ3v) is 4.21. The molecule has 3 aromatic rings. The minimum atomic E-state index is -0.354. The van der Waals surface area contributed by atoms with Crippen molar-refractivity contribution in [1.29, 1.82) is 0 Å². The molecule has 0 saturated heterocycles. The lowest BCUT2D eigenvalue weighted by Crippen LogP contribution is -2.03. The summed E-state index contributed by atoms with van der Waals surface area (Å²) in [5.74, 6) is 0.367. The highest BCUT2D eigenvalue weighted by atomic mass is 35.5. The van der Waals surface area contributed by atoms with Gasteiger partial charge in [0.05, 0.1) is 19.3 Å². The van der Waals surface area contributed by atoms with Gasteiger partial charge in [-0.1, -0.05) is 11.6 Å². The summed E-state index contributed by atoms with van der Waals surface area (Å²) in [5, 5.41) is 1.85. The summed E-state index contributed by atoms with van der Waals surface area (Å²) >= 11 is 6.10. The number of hydrogen-bond acceptors (Lipinski definition) is 3. The second-order valence-electron chi connectivity index (χ2n) is 5.53. The SMILES string of the molecule is COC(=O)c1ccc(OCCc2c(C)[nH]c3ccc(Cl)cc23)cc1. The third kappa shape index (κ3) is 3.39. The Hall–Kier alpha value is -2.46. The molecule has 0 radical (unpaired) electrons. The number of ether oxygens (including phenoxy) is 2. The lowest BCUT2D eigenvalue weighted by molar-refractivity contribution is 0.0600. The second kappa shape index (κ2) is 6.97. The van der Waals surface area contributed by atoms with Gasteiger partial charge in [0.15, 0.2) is 0 Å². The lowest BCUT2D eigenvalue weighted by atomic mass is 10.1. The third-order valence-electron chi connectivity index (χ3n) is 3.98. The predicted octanol–water partition coefficient (Wildman–Crippen LogP) is 4.54. The minimum Gasteiger partial charge on any atom is -0.493 e. The number of carbonyl (C=O) groups excluding carboxylic acids is 1. The van der Waals surface area contributed by atoms with Crippen LogP contribution in [-0.2, 0) is 11.2 Å². The number of fused-ring (bicyclic) bond motifs is 1. The Kier molecular flexibility index (Phi) is 4.76. The fourth-order valence-electron chi connectivity index (χ4n) is 2.75. The molecule has 0 spiro atoms. The van der Waals surface area contributed by atoms with Crippen molar-refractivity contribution in [3.8, 4) is 5.75 Å². The fourth-order valence-corrected chi connectivity index (χ4v) is 2.92. The van der Waals surface area contributed by atoms with Gasteiger partial charge in [-0.05, 0) is 55.0 Å². The zero-order valence-electron chi connectivity index (χ0n) is 13.6. The number of rotatable bonds is 5. The van der Waals surface area contributed by atoms with Crippen LogP contribution in [0.1, 0.15) is 21.6 Å². The van der Waals surface area contributed by atoms with E-state index in [1.165, 1.54) is 12.7 Å². The number of H-pyrrole nitrogens is 1. The highest BCUT2D eigenvalue weighted by molar-refractivity contribution is 6.31. The maximum Gasteiger partial charge on any atom is 0.337 e. The van der Waals surface area contributed by atoms with E-state index in [-0.39, 0.29) is 5.97 Å². The molecule has 1 N–H and O–H groups in total. The number of benzene rings is 2. The smallest absolute Gasteiger partial charge is 0.337 e. The van der Waals surface area contributed by atoms with Crippen LogP contribution in [0.4, 0.5) is 0 Å². The van der Waals surface area contributed by atoms with E-state index >= 15 is 0 Å². The largest absolute Gasteiger partial charge is 0.493 e. The summed E-state index contributed by atoms with van der Waals surface area (Å²) in [5.41, 5.74) is 3.91. The first-order chi connectivity index (χ1) is 11.6.